The summed E-state index contributed by atoms with van der Waals surface area (Å²) in [6.07, 6.45) is 7.53. The Balaban J connectivity index is 1.60. The number of nitrogen functional groups attached to an aromatic ring is 1. The third kappa shape index (κ3) is 2.62. The van der Waals surface area contributed by atoms with Gasteiger partial charge in [-0.1, -0.05) is 0 Å². The van der Waals surface area contributed by atoms with E-state index in [0.29, 0.717) is 30.6 Å². The highest BCUT2D eigenvalue weighted by atomic mass is 16.5. The number of hydrogen-bond donors (Lipinski definition) is 1. The monoisotopic (exact) mass is 260 g/mol. The second-order valence-corrected chi connectivity index (χ2v) is 4.70. The van der Waals surface area contributed by atoms with Crippen molar-refractivity contribution in [2.45, 2.75) is 25.4 Å². The van der Waals surface area contributed by atoms with Crippen molar-refractivity contribution in [1.82, 2.24) is 14.3 Å². The predicted octanol–water partition coefficient (Wildman–Crippen LogP) is 1.46. The number of carbonyl (C=O) groups is 1. The van der Waals surface area contributed by atoms with Crippen LogP contribution in [0.15, 0.2) is 30.7 Å². The minimum atomic E-state index is -0.323. The Morgan fingerprint density at radius 1 is 1.53 bits per heavy atom. The number of ether oxygens (including phenoxy) is 1. The molecule has 0 saturated heterocycles. The third-order valence-corrected chi connectivity index (χ3v) is 3.13. The summed E-state index contributed by atoms with van der Waals surface area (Å²) >= 11 is 0. The van der Waals surface area contributed by atoms with E-state index in [4.69, 9.17) is 10.5 Å². The number of aromatic nitrogens is 3. The molecule has 100 valence electrons. The first-order valence-electron chi connectivity index (χ1n) is 6.36. The molecule has 2 N–H and O–H groups in total. The summed E-state index contributed by atoms with van der Waals surface area (Å²) in [5.41, 5.74) is 6.89. The number of hydrogen-bond acceptors (Lipinski definition) is 4. The number of rotatable bonds is 5. The molecule has 0 unspecified atom stereocenters. The first-order chi connectivity index (χ1) is 9.24. The van der Waals surface area contributed by atoms with Gasteiger partial charge < -0.3 is 15.0 Å². The number of carbonyl (C=O) groups excluding carboxylic acids is 1. The summed E-state index contributed by atoms with van der Waals surface area (Å²) in [5.74, 6) is -0.323. The average molecular weight is 260 g/mol. The van der Waals surface area contributed by atoms with Gasteiger partial charge in [0.2, 0.25) is 0 Å². The lowest BCUT2D eigenvalue weighted by Crippen LogP contribution is -2.14. The Labute approximate surface area is 110 Å². The molecule has 2 aromatic rings. The number of nitrogens with two attached hydrogens (primary N) is 1. The van der Waals surface area contributed by atoms with Crippen LogP contribution in [0.2, 0.25) is 0 Å². The molecule has 1 aliphatic rings. The highest BCUT2D eigenvalue weighted by molar-refractivity contribution is 5.89. The Hall–Kier alpha value is -2.24. The molecule has 1 aliphatic carbocycles. The Morgan fingerprint density at radius 2 is 2.37 bits per heavy atom. The van der Waals surface area contributed by atoms with Crippen LogP contribution in [-0.4, -0.2) is 26.9 Å². The molecule has 0 radical (unpaired) electrons. The molecular formula is C13H16N4O2. The highest BCUT2D eigenvalue weighted by Crippen LogP contribution is 2.37. The lowest BCUT2D eigenvalue weighted by atomic mass is 10.4. The maximum Gasteiger partial charge on any atom is 0.355 e. The molecule has 1 saturated carbocycles. The van der Waals surface area contributed by atoms with Crippen LogP contribution < -0.4 is 5.73 Å². The maximum absolute atomic E-state index is 12.0. The van der Waals surface area contributed by atoms with Crippen molar-refractivity contribution in [3.8, 4) is 0 Å². The van der Waals surface area contributed by atoms with E-state index < -0.39 is 0 Å². The molecule has 0 aliphatic heterocycles. The summed E-state index contributed by atoms with van der Waals surface area (Å²) in [7, 11) is 0. The standard InChI is InChI=1S/C13H16N4O2/c14-10-8-12(17(9-10)11-2-3-11)13(18)19-7-6-16-5-1-4-15-16/h1,4-5,8-9,11H,2-3,6-7,14H2. The topological polar surface area (TPSA) is 75.1 Å². The van der Waals surface area contributed by atoms with Crippen molar-refractivity contribution in [2.75, 3.05) is 12.3 Å². The number of nitrogens with zero attached hydrogens (tertiary/aromatic N) is 3. The highest BCUT2D eigenvalue weighted by Gasteiger charge is 2.28. The zero-order valence-electron chi connectivity index (χ0n) is 10.5. The molecule has 1 fully saturated rings. The molecule has 3 rings (SSSR count). The summed E-state index contributed by atoms with van der Waals surface area (Å²) < 4.78 is 8.90. The number of anilines is 1. The molecule has 0 atom stereocenters. The lowest BCUT2D eigenvalue weighted by Gasteiger charge is -2.08. The minimum absolute atomic E-state index is 0.302. The van der Waals surface area contributed by atoms with Gasteiger partial charge in [-0.25, -0.2) is 4.79 Å². The van der Waals surface area contributed by atoms with E-state index in [2.05, 4.69) is 5.10 Å². The largest absolute Gasteiger partial charge is 0.459 e. The van der Waals surface area contributed by atoms with Crippen LogP contribution in [-0.2, 0) is 11.3 Å². The van der Waals surface area contributed by atoms with Crippen molar-refractivity contribution >= 4 is 11.7 Å². The van der Waals surface area contributed by atoms with Gasteiger partial charge in [-0.15, -0.1) is 0 Å². The summed E-state index contributed by atoms with van der Waals surface area (Å²) in [6, 6.07) is 3.92. The fourth-order valence-corrected chi connectivity index (χ4v) is 2.06. The van der Waals surface area contributed by atoms with E-state index in [-0.39, 0.29) is 5.97 Å². The van der Waals surface area contributed by atoms with E-state index in [1.165, 1.54) is 0 Å². The van der Waals surface area contributed by atoms with Gasteiger partial charge in [0.05, 0.1) is 12.2 Å². The molecule has 0 bridgehead atoms. The molecule has 6 heteroatoms. The molecular weight excluding hydrogens is 244 g/mol. The Kier molecular flexibility index (Phi) is 2.98. The van der Waals surface area contributed by atoms with Gasteiger partial charge in [0.15, 0.2) is 0 Å². The quantitative estimate of drug-likeness (QED) is 0.826. The van der Waals surface area contributed by atoms with Crippen LogP contribution in [0, 0.1) is 0 Å². The summed E-state index contributed by atoms with van der Waals surface area (Å²) in [4.78, 5) is 12.0. The number of esters is 1. The van der Waals surface area contributed by atoms with E-state index in [9.17, 15) is 4.79 Å². The van der Waals surface area contributed by atoms with Crippen LogP contribution in [0.25, 0.3) is 0 Å². The van der Waals surface area contributed by atoms with Crippen molar-refractivity contribution in [2.24, 2.45) is 0 Å². The molecule has 2 heterocycles. The Bertz CT molecular complexity index is 569. The van der Waals surface area contributed by atoms with Crippen LogP contribution in [0.1, 0.15) is 29.4 Å². The summed E-state index contributed by atoms with van der Waals surface area (Å²) in [5, 5.41) is 4.05. The van der Waals surface area contributed by atoms with Gasteiger partial charge in [0.25, 0.3) is 0 Å². The predicted molar refractivity (Wildman–Crippen MR) is 69.6 cm³/mol. The molecule has 0 aromatic carbocycles. The zero-order valence-corrected chi connectivity index (χ0v) is 10.5. The van der Waals surface area contributed by atoms with Gasteiger partial charge in [0, 0.05) is 24.6 Å². The Morgan fingerprint density at radius 3 is 3.05 bits per heavy atom. The van der Waals surface area contributed by atoms with Crippen molar-refractivity contribution < 1.29 is 9.53 Å². The normalized spacial score (nSPS) is 14.5. The van der Waals surface area contributed by atoms with Crippen molar-refractivity contribution in [3.63, 3.8) is 0 Å². The third-order valence-electron chi connectivity index (χ3n) is 3.13. The smallest absolute Gasteiger partial charge is 0.355 e. The molecule has 19 heavy (non-hydrogen) atoms. The van der Waals surface area contributed by atoms with E-state index in [0.717, 1.165) is 12.8 Å². The second-order valence-electron chi connectivity index (χ2n) is 4.70. The van der Waals surface area contributed by atoms with Crippen molar-refractivity contribution in [3.05, 3.63) is 36.4 Å². The zero-order chi connectivity index (χ0) is 13.2. The SMILES string of the molecule is Nc1cc(C(=O)OCCn2cccn2)n(C2CC2)c1. The van der Waals surface area contributed by atoms with E-state index in [1.807, 2.05) is 23.0 Å². The van der Waals surface area contributed by atoms with Gasteiger partial charge in [-0.3, -0.25) is 4.68 Å². The fraction of sp³-hybridized carbons (Fsp3) is 0.385. The van der Waals surface area contributed by atoms with Crippen LogP contribution in [0.3, 0.4) is 0 Å². The van der Waals surface area contributed by atoms with Crippen molar-refractivity contribution in [1.29, 1.82) is 0 Å². The van der Waals surface area contributed by atoms with E-state index in [1.54, 1.807) is 16.9 Å². The first-order valence-corrected chi connectivity index (χ1v) is 6.36. The van der Waals surface area contributed by atoms with E-state index >= 15 is 0 Å². The van der Waals surface area contributed by atoms with Gasteiger partial charge in [-0.05, 0) is 25.0 Å². The van der Waals surface area contributed by atoms with Gasteiger partial charge >= 0.3 is 5.97 Å². The summed E-state index contributed by atoms with van der Waals surface area (Å²) in [6.45, 7) is 0.856. The molecule has 6 nitrogen and oxygen atoms in total. The van der Waals surface area contributed by atoms with Crippen LogP contribution >= 0.6 is 0 Å². The molecule has 2 aromatic heterocycles. The second kappa shape index (κ2) is 4.79. The molecule has 0 spiro atoms. The fourth-order valence-electron chi connectivity index (χ4n) is 2.06. The minimum Gasteiger partial charge on any atom is -0.459 e. The first kappa shape index (κ1) is 11.8. The van der Waals surface area contributed by atoms with Gasteiger partial charge in [0.1, 0.15) is 12.3 Å². The average Bonchev–Trinajstić information content (AvgIpc) is 2.96. The van der Waals surface area contributed by atoms with Crippen LogP contribution in [0.5, 0.6) is 0 Å². The maximum atomic E-state index is 12.0. The molecule has 0 amide bonds. The van der Waals surface area contributed by atoms with Gasteiger partial charge in [-0.2, -0.15) is 5.10 Å². The lowest BCUT2D eigenvalue weighted by molar-refractivity contribution is 0.0475. The van der Waals surface area contributed by atoms with Crippen LogP contribution in [0.4, 0.5) is 5.69 Å².